The van der Waals surface area contributed by atoms with Crippen molar-refractivity contribution in [1.82, 2.24) is 4.98 Å². The summed E-state index contributed by atoms with van der Waals surface area (Å²) in [7, 11) is 3.66. The zero-order valence-electron chi connectivity index (χ0n) is 11.1. The lowest BCUT2D eigenvalue weighted by molar-refractivity contribution is -0.119. The molecular formula is C14H21N3O. The van der Waals surface area contributed by atoms with E-state index in [1.807, 2.05) is 26.2 Å². The smallest absolute Gasteiger partial charge is 0.227 e. The number of hydrogen-bond acceptors (Lipinski definition) is 3. The number of amides is 1. The largest absolute Gasteiger partial charge is 0.373 e. The van der Waals surface area contributed by atoms with Crippen molar-refractivity contribution in [3.05, 3.63) is 18.3 Å². The molecule has 1 aromatic heterocycles. The van der Waals surface area contributed by atoms with Crippen LogP contribution in [-0.2, 0) is 4.79 Å². The molecule has 1 N–H and O–H groups in total. The number of aromatic nitrogens is 1. The minimum atomic E-state index is 0.195. The van der Waals surface area contributed by atoms with Crippen molar-refractivity contribution in [2.75, 3.05) is 24.3 Å². The summed E-state index contributed by atoms with van der Waals surface area (Å²) < 4.78 is 0. The number of rotatable bonds is 4. The molecule has 2 rings (SSSR count). The minimum absolute atomic E-state index is 0.195. The summed E-state index contributed by atoms with van der Waals surface area (Å²) in [5, 5.41) is 2.97. The highest BCUT2D eigenvalue weighted by Gasteiger charge is 2.21. The van der Waals surface area contributed by atoms with Gasteiger partial charge in [0, 0.05) is 20.5 Å². The van der Waals surface area contributed by atoms with Gasteiger partial charge in [0.1, 0.15) is 5.82 Å². The van der Waals surface area contributed by atoms with Crippen molar-refractivity contribution in [1.29, 1.82) is 0 Å². The van der Waals surface area contributed by atoms with Crippen LogP contribution in [0.2, 0.25) is 0 Å². The summed E-state index contributed by atoms with van der Waals surface area (Å²) in [6.07, 6.45) is 7.37. The second kappa shape index (κ2) is 5.85. The fraction of sp³-hybridized carbons (Fsp3) is 0.571. The Morgan fingerprint density at radius 3 is 2.72 bits per heavy atom. The number of hydrogen-bond donors (Lipinski definition) is 1. The predicted octanol–water partition coefficient (Wildman–Crippen LogP) is 2.67. The van der Waals surface area contributed by atoms with E-state index in [-0.39, 0.29) is 5.91 Å². The van der Waals surface area contributed by atoms with Crippen molar-refractivity contribution in [2.45, 2.75) is 32.1 Å². The average molecular weight is 247 g/mol. The van der Waals surface area contributed by atoms with Crippen LogP contribution >= 0.6 is 0 Å². The molecule has 1 aromatic rings. The molecule has 1 saturated carbocycles. The van der Waals surface area contributed by atoms with E-state index in [9.17, 15) is 4.79 Å². The summed E-state index contributed by atoms with van der Waals surface area (Å²) >= 11 is 0. The highest BCUT2D eigenvalue weighted by molar-refractivity contribution is 5.92. The monoisotopic (exact) mass is 247 g/mol. The molecule has 98 valence electrons. The lowest BCUT2D eigenvalue weighted by Crippen LogP contribution is -2.27. The zero-order chi connectivity index (χ0) is 13.0. The van der Waals surface area contributed by atoms with Crippen LogP contribution in [0.3, 0.4) is 0 Å². The van der Waals surface area contributed by atoms with Gasteiger partial charge in [-0.2, -0.15) is 0 Å². The second-order valence-corrected chi connectivity index (χ2v) is 4.96. The first-order chi connectivity index (χ1) is 8.70. The van der Waals surface area contributed by atoms with Crippen LogP contribution < -0.4 is 10.2 Å². The number of carbonyl (C=O) groups is 1. The molecule has 1 aliphatic carbocycles. The second-order valence-electron chi connectivity index (χ2n) is 4.96. The van der Waals surface area contributed by atoms with E-state index in [4.69, 9.17) is 0 Å². The Morgan fingerprint density at radius 2 is 2.17 bits per heavy atom. The molecule has 0 bridgehead atoms. The van der Waals surface area contributed by atoms with E-state index in [1.165, 1.54) is 25.7 Å². The van der Waals surface area contributed by atoms with Crippen LogP contribution in [0.5, 0.6) is 0 Å². The van der Waals surface area contributed by atoms with Crippen LogP contribution in [0.1, 0.15) is 32.1 Å². The maximum atomic E-state index is 12.1. The predicted molar refractivity (Wildman–Crippen MR) is 73.8 cm³/mol. The fourth-order valence-electron chi connectivity index (χ4n) is 2.47. The Labute approximate surface area is 108 Å². The lowest BCUT2D eigenvalue weighted by Gasteiger charge is -2.19. The first kappa shape index (κ1) is 12.9. The number of pyridine rings is 1. The highest BCUT2D eigenvalue weighted by Crippen LogP contribution is 2.28. The van der Waals surface area contributed by atoms with E-state index >= 15 is 0 Å². The molecule has 1 amide bonds. The molecule has 4 heteroatoms. The Hall–Kier alpha value is -1.58. The highest BCUT2D eigenvalue weighted by atomic mass is 16.2. The van der Waals surface area contributed by atoms with Gasteiger partial charge in [-0.3, -0.25) is 4.79 Å². The average Bonchev–Trinajstić information content (AvgIpc) is 2.91. The van der Waals surface area contributed by atoms with Gasteiger partial charge >= 0.3 is 0 Å². The van der Waals surface area contributed by atoms with Crippen LogP contribution in [-0.4, -0.2) is 25.0 Å². The Kier molecular flexibility index (Phi) is 4.18. The normalized spacial score (nSPS) is 15.7. The van der Waals surface area contributed by atoms with E-state index in [1.54, 1.807) is 11.1 Å². The first-order valence-corrected chi connectivity index (χ1v) is 6.61. The maximum Gasteiger partial charge on any atom is 0.227 e. The van der Waals surface area contributed by atoms with Gasteiger partial charge < -0.3 is 10.2 Å². The van der Waals surface area contributed by atoms with Crippen molar-refractivity contribution >= 4 is 17.4 Å². The van der Waals surface area contributed by atoms with Crippen LogP contribution in [0.4, 0.5) is 11.5 Å². The summed E-state index contributed by atoms with van der Waals surface area (Å²) in [6, 6.07) is 3.81. The third-order valence-electron chi connectivity index (χ3n) is 3.70. The number of carbonyl (C=O) groups excluding carboxylic acids is 1. The van der Waals surface area contributed by atoms with Gasteiger partial charge in [0.15, 0.2) is 0 Å². The summed E-state index contributed by atoms with van der Waals surface area (Å²) in [4.78, 5) is 18.1. The zero-order valence-corrected chi connectivity index (χ0v) is 11.1. The van der Waals surface area contributed by atoms with E-state index in [2.05, 4.69) is 10.3 Å². The number of anilines is 2. The molecule has 0 spiro atoms. The van der Waals surface area contributed by atoms with Crippen molar-refractivity contribution in [3.8, 4) is 0 Å². The summed E-state index contributed by atoms with van der Waals surface area (Å²) in [6.45, 7) is 0. The number of nitrogens with zero attached hydrogens (tertiary/aromatic N) is 2. The van der Waals surface area contributed by atoms with Crippen molar-refractivity contribution < 1.29 is 4.79 Å². The molecule has 4 nitrogen and oxygen atoms in total. The summed E-state index contributed by atoms with van der Waals surface area (Å²) in [5.41, 5.74) is 0.858. The Bertz CT molecular complexity index is 396. The van der Waals surface area contributed by atoms with Crippen molar-refractivity contribution in [3.63, 3.8) is 0 Å². The summed E-state index contributed by atoms with van der Waals surface area (Å²) in [5.74, 6) is 1.60. The molecule has 0 atom stereocenters. The molecule has 1 fully saturated rings. The molecule has 1 aliphatic rings. The SMILES string of the molecule is CNc1ccc(N(C)C(=O)CC2CCCC2)cn1. The molecular weight excluding hydrogens is 226 g/mol. The van der Waals surface area contributed by atoms with Gasteiger partial charge in [-0.15, -0.1) is 0 Å². The van der Waals surface area contributed by atoms with Gasteiger partial charge in [0.2, 0.25) is 5.91 Å². The standard InChI is InChI=1S/C14H21N3O/c1-15-13-8-7-12(10-16-13)17(2)14(18)9-11-5-3-4-6-11/h7-8,10-11H,3-6,9H2,1-2H3,(H,15,16). The lowest BCUT2D eigenvalue weighted by atomic mass is 10.0. The Balaban J connectivity index is 1.95. The van der Waals surface area contributed by atoms with Gasteiger partial charge in [-0.25, -0.2) is 4.98 Å². The minimum Gasteiger partial charge on any atom is -0.373 e. The van der Waals surface area contributed by atoms with E-state index in [0.717, 1.165) is 11.5 Å². The number of nitrogens with one attached hydrogen (secondary N) is 1. The van der Waals surface area contributed by atoms with Crippen LogP contribution in [0.15, 0.2) is 18.3 Å². The molecule has 0 saturated heterocycles. The maximum absolute atomic E-state index is 12.1. The molecule has 0 aromatic carbocycles. The van der Waals surface area contributed by atoms with E-state index < -0.39 is 0 Å². The van der Waals surface area contributed by atoms with Crippen LogP contribution in [0, 0.1) is 5.92 Å². The van der Waals surface area contributed by atoms with Gasteiger partial charge in [-0.05, 0) is 30.9 Å². The van der Waals surface area contributed by atoms with E-state index in [0.29, 0.717) is 12.3 Å². The third kappa shape index (κ3) is 3.00. The first-order valence-electron chi connectivity index (χ1n) is 6.61. The topological polar surface area (TPSA) is 45.2 Å². The molecule has 0 aliphatic heterocycles. The quantitative estimate of drug-likeness (QED) is 0.889. The van der Waals surface area contributed by atoms with Gasteiger partial charge in [-0.1, -0.05) is 12.8 Å². The van der Waals surface area contributed by atoms with Crippen molar-refractivity contribution in [2.24, 2.45) is 5.92 Å². The molecule has 18 heavy (non-hydrogen) atoms. The fourth-order valence-corrected chi connectivity index (χ4v) is 2.47. The van der Waals surface area contributed by atoms with Crippen LogP contribution in [0.25, 0.3) is 0 Å². The Morgan fingerprint density at radius 1 is 1.44 bits per heavy atom. The van der Waals surface area contributed by atoms with Gasteiger partial charge in [0.05, 0.1) is 11.9 Å². The van der Waals surface area contributed by atoms with Gasteiger partial charge in [0.25, 0.3) is 0 Å². The molecule has 1 heterocycles. The molecule has 0 radical (unpaired) electrons. The third-order valence-corrected chi connectivity index (χ3v) is 3.70. The molecule has 0 unspecified atom stereocenters.